The number of rotatable bonds is 6. The highest BCUT2D eigenvalue weighted by Crippen LogP contribution is 2.14. The SMILES string of the molecule is Cc1ccn2c(=O)cc(CN(Cc3ccccc3)Cc3ccco3)nc2c1. The molecule has 0 unspecified atom stereocenters. The van der Waals surface area contributed by atoms with E-state index in [2.05, 4.69) is 17.0 Å². The van der Waals surface area contributed by atoms with E-state index in [9.17, 15) is 4.79 Å². The number of pyridine rings is 1. The van der Waals surface area contributed by atoms with Crippen LogP contribution in [0.1, 0.15) is 22.6 Å². The molecule has 3 heterocycles. The number of nitrogens with zero attached hydrogens (tertiary/aromatic N) is 3. The lowest BCUT2D eigenvalue weighted by Gasteiger charge is -2.21. The summed E-state index contributed by atoms with van der Waals surface area (Å²) < 4.78 is 7.10. The summed E-state index contributed by atoms with van der Waals surface area (Å²) in [7, 11) is 0. The summed E-state index contributed by atoms with van der Waals surface area (Å²) >= 11 is 0. The summed E-state index contributed by atoms with van der Waals surface area (Å²) in [4.78, 5) is 19.4. The molecular weight excluding hydrogens is 338 g/mol. The minimum absolute atomic E-state index is 0.0624. The van der Waals surface area contributed by atoms with Crippen LogP contribution >= 0.6 is 0 Å². The Balaban J connectivity index is 1.64. The highest BCUT2D eigenvalue weighted by Gasteiger charge is 2.12. The second-order valence-corrected chi connectivity index (χ2v) is 6.73. The fraction of sp³-hybridized carbons (Fsp3) is 0.182. The molecule has 0 saturated heterocycles. The van der Waals surface area contributed by atoms with Crippen LogP contribution in [0, 0.1) is 6.92 Å². The van der Waals surface area contributed by atoms with Gasteiger partial charge in [0.05, 0.1) is 18.5 Å². The minimum atomic E-state index is -0.0624. The molecule has 3 aromatic heterocycles. The van der Waals surface area contributed by atoms with Gasteiger partial charge in [-0.3, -0.25) is 14.1 Å². The summed E-state index contributed by atoms with van der Waals surface area (Å²) in [5, 5.41) is 0. The number of benzene rings is 1. The van der Waals surface area contributed by atoms with Crippen LogP contribution in [0.5, 0.6) is 0 Å². The molecule has 0 atom stereocenters. The number of aryl methyl sites for hydroxylation is 1. The quantitative estimate of drug-likeness (QED) is 0.525. The van der Waals surface area contributed by atoms with Crippen molar-refractivity contribution >= 4 is 5.65 Å². The van der Waals surface area contributed by atoms with E-state index in [-0.39, 0.29) is 5.56 Å². The first-order valence-electron chi connectivity index (χ1n) is 8.95. The zero-order chi connectivity index (χ0) is 18.6. The van der Waals surface area contributed by atoms with E-state index < -0.39 is 0 Å². The van der Waals surface area contributed by atoms with Crippen molar-refractivity contribution < 1.29 is 4.42 Å². The van der Waals surface area contributed by atoms with Gasteiger partial charge >= 0.3 is 0 Å². The van der Waals surface area contributed by atoms with Crippen molar-refractivity contribution in [2.24, 2.45) is 0 Å². The standard InChI is InChI=1S/C22H21N3O2/c1-17-9-10-25-21(12-17)23-19(13-22(25)26)15-24(16-20-8-5-11-27-20)14-18-6-3-2-4-7-18/h2-13H,14-16H2,1H3. The normalized spacial score (nSPS) is 11.3. The van der Waals surface area contributed by atoms with Gasteiger partial charge in [-0.05, 0) is 42.3 Å². The molecule has 5 heteroatoms. The van der Waals surface area contributed by atoms with E-state index >= 15 is 0 Å². The van der Waals surface area contributed by atoms with Gasteiger partial charge in [0.1, 0.15) is 11.4 Å². The van der Waals surface area contributed by atoms with Crippen molar-refractivity contribution in [1.29, 1.82) is 0 Å². The summed E-state index contributed by atoms with van der Waals surface area (Å²) in [5.41, 5.74) is 3.66. The molecular formula is C22H21N3O2. The van der Waals surface area contributed by atoms with Crippen LogP contribution in [-0.4, -0.2) is 14.3 Å². The van der Waals surface area contributed by atoms with Crippen molar-refractivity contribution in [1.82, 2.24) is 14.3 Å². The Morgan fingerprint density at radius 3 is 2.63 bits per heavy atom. The monoisotopic (exact) mass is 359 g/mol. The Hall–Kier alpha value is -3.18. The first kappa shape index (κ1) is 17.2. The van der Waals surface area contributed by atoms with Crippen molar-refractivity contribution in [3.05, 3.63) is 106 Å². The van der Waals surface area contributed by atoms with Crippen LogP contribution < -0.4 is 5.56 Å². The second-order valence-electron chi connectivity index (χ2n) is 6.73. The average molecular weight is 359 g/mol. The van der Waals surface area contributed by atoms with Gasteiger partial charge in [0.25, 0.3) is 5.56 Å². The lowest BCUT2D eigenvalue weighted by Crippen LogP contribution is -2.25. The van der Waals surface area contributed by atoms with Gasteiger partial charge in [-0.2, -0.15) is 0 Å². The van der Waals surface area contributed by atoms with Crippen LogP contribution in [0.15, 0.2) is 82.3 Å². The molecule has 0 aliphatic rings. The first-order valence-corrected chi connectivity index (χ1v) is 8.95. The molecule has 136 valence electrons. The smallest absolute Gasteiger partial charge is 0.258 e. The molecule has 5 nitrogen and oxygen atoms in total. The Kier molecular flexibility index (Phi) is 4.85. The maximum atomic E-state index is 12.5. The van der Waals surface area contributed by atoms with Crippen LogP contribution in [0.4, 0.5) is 0 Å². The van der Waals surface area contributed by atoms with E-state index in [4.69, 9.17) is 9.40 Å². The average Bonchev–Trinajstić information content (AvgIpc) is 3.15. The van der Waals surface area contributed by atoms with Gasteiger partial charge in [0.15, 0.2) is 0 Å². The maximum Gasteiger partial charge on any atom is 0.258 e. The van der Waals surface area contributed by atoms with E-state index in [0.717, 1.165) is 23.6 Å². The molecule has 0 aliphatic carbocycles. The predicted octanol–water partition coefficient (Wildman–Crippen LogP) is 3.80. The largest absolute Gasteiger partial charge is 0.468 e. The third-order valence-electron chi connectivity index (χ3n) is 4.47. The summed E-state index contributed by atoms with van der Waals surface area (Å²) in [6.45, 7) is 3.96. The molecule has 0 fully saturated rings. The molecule has 0 bridgehead atoms. The number of fused-ring (bicyclic) bond motifs is 1. The van der Waals surface area contributed by atoms with Crippen LogP contribution in [0.3, 0.4) is 0 Å². The Bertz CT molecular complexity index is 1090. The topological polar surface area (TPSA) is 50.8 Å². The molecule has 1 aromatic carbocycles. The van der Waals surface area contributed by atoms with Crippen LogP contribution in [0.25, 0.3) is 5.65 Å². The Morgan fingerprint density at radius 1 is 1.00 bits per heavy atom. The van der Waals surface area contributed by atoms with Crippen LogP contribution in [0.2, 0.25) is 0 Å². The first-order chi connectivity index (χ1) is 13.2. The molecule has 0 spiro atoms. The summed E-state index contributed by atoms with van der Waals surface area (Å²) in [6.07, 6.45) is 3.45. The van der Waals surface area contributed by atoms with Crippen molar-refractivity contribution in [2.75, 3.05) is 0 Å². The second kappa shape index (κ2) is 7.60. The maximum absolute atomic E-state index is 12.5. The van der Waals surface area contributed by atoms with Crippen molar-refractivity contribution in [2.45, 2.75) is 26.6 Å². The van der Waals surface area contributed by atoms with E-state index in [1.807, 2.05) is 49.4 Å². The highest BCUT2D eigenvalue weighted by molar-refractivity contribution is 5.41. The number of hydrogen-bond donors (Lipinski definition) is 0. The molecule has 0 saturated carbocycles. The lowest BCUT2D eigenvalue weighted by atomic mass is 10.2. The molecule has 0 aliphatic heterocycles. The third kappa shape index (κ3) is 4.15. The summed E-state index contributed by atoms with van der Waals surface area (Å²) in [5.74, 6) is 0.888. The van der Waals surface area contributed by atoms with Crippen molar-refractivity contribution in [3.8, 4) is 0 Å². The zero-order valence-corrected chi connectivity index (χ0v) is 15.2. The Labute approximate surface area is 157 Å². The van der Waals surface area contributed by atoms with Gasteiger partial charge in [0, 0.05) is 25.4 Å². The molecule has 0 N–H and O–H groups in total. The number of aromatic nitrogens is 2. The van der Waals surface area contributed by atoms with E-state index in [1.165, 1.54) is 5.56 Å². The molecule has 0 radical (unpaired) electrons. The molecule has 0 amide bonds. The molecule has 4 rings (SSSR count). The fourth-order valence-electron chi connectivity index (χ4n) is 3.20. The molecule has 27 heavy (non-hydrogen) atoms. The summed E-state index contributed by atoms with van der Waals surface area (Å²) in [6, 6.07) is 19.6. The van der Waals surface area contributed by atoms with Crippen molar-refractivity contribution in [3.63, 3.8) is 0 Å². The number of hydrogen-bond acceptors (Lipinski definition) is 4. The molecule has 4 aromatic rings. The lowest BCUT2D eigenvalue weighted by molar-refractivity contribution is 0.224. The zero-order valence-electron chi connectivity index (χ0n) is 15.2. The predicted molar refractivity (Wildman–Crippen MR) is 104 cm³/mol. The Morgan fingerprint density at radius 2 is 1.85 bits per heavy atom. The van der Waals surface area contributed by atoms with E-state index in [1.54, 1.807) is 22.9 Å². The third-order valence-corrected chi connectivity index (χ3v) is 4.47. The van der Waals surface area contributed by atoms with Gasteiger partial charge in [0.2, 0.25) is 0 Å². The number of furan rings is 1. The van der Waals surface area contributed by atoms with Gasteiger partial charge < -0.3 is 4.42 Å². The highest BCUT2D eigenvalue weighted by atomic mass is 16.3. The van der Waals surface area contributed by atoms with Gasteiger partial charge in [-0.1, -0.05) is 30.3 Å². The minimum Gasteiger partial charge on any atom is -0.468 e. The van der Waals surface area contributed by atoms with Gasteiger partial charge in [-0.15, -0.1) is 0 Å². The van der Waals surface area contributed by atoms with Gasteiger partial charge in [-0.25, -0.2) is 4.98 Å². The fourth-order valence-corrected chi connectivity index (χ4v) is 3.20. The van der Waals surface area contributed by atoms with Crippen LogP contribution in [-0.2, 0) is 19.6 Å². The van der Waals surface area contributed by atoms with E-state index in [0.29, 0.717) is 18.7 Å².